The van der Waals surface area contributed by atoms with Crippen LogP contribution in [-0.2, 0) is 11.3 Å². The van der Waals surface area contributed by atoms with Crippen LogP contribution in [0.25, 0.3) is 0 Å². The van der Waals surface area contributed by atoms with Gasteiger partial charge in [-0.15, -0.1) is 10.2 Å². The highest BCUT2D eigenvalue weighted by Gasteiger charge is 2.69. The number of hydrogen-bond donors (Lipinski definition) is 1. The first-order chi connectivity index (χ1) is 16.3. The number of nitrogens with zero attached hydrogens (tertiary/aromatic N) is 3. The SMILES string of the molecule is C=C1CC2(CCC(C)CC2)C2(NC(=O)N(Cc3nnc(C)o3)C2=O)/C1=C/C(C#CC1CC1)=C\C. The molecule has 7 nitrogen and oxygen atoms in total. The van der Waals surface area contributed by atoms with Gasteiger partial charge in [0.05, 0.1) is 0 Å². The molecule has 34 heavy (non-hydrogen) atoms. The molecule has 1 aromatic heterocycles. The van der Waals surface area contributed by atoms with Crippen molar-refractivity contribution in [1.82, 2.24) is 20.4 Å². The molecule has 0 radical (unpaired) electrons. The van der Waals surface area contributed by atoms with Crippen LogP contribution in [-0.4, -0.2) is 32.6 Å². The fraction of sp³-hybridized carbons (Fsp3) is 0.556. The van der Waals surface area contributed by atoms with Gasteiger partial charge >= 0.3 is 6.03 Å². The minimum Gasteiger partial charge on any atom is -0.424 e. The van der Waals surface area contributed by atoms with Crippen molar-refractivity contribution >= 4 is 11.9 Å². The lowest BCUT2D eigenvalue weighted by Crippen LogP contribution is -2.59. The number of imide groups is 1. The van der Waals surface area contributed by atoms with Gasteiger partial charge in [-0.2, -0.15) is 0 Å². The highest BCUT2D eigenvalue weighted by molar-refractivity contribution is 6.11. The molecule has 178 valence electrons. The van der Waals surface area contributed by atoms with Gasteiger partial charge in [-0.1, -0.05) is 44.3 Å². The van der Waals surface area contributed by atoms with Gasteiger partial charge in [0.15, 0.2) is 5.54 Å². The molecule has 1 atom stereocenters. The third kappa shape index (κ3) is 3.60. The van der Waals surface area contributed by atoms with E-state index in [-0.39, 0.29) is 18.3 Å². The largest absolute Gasteiger partial charge is 0.424 e. The number of aryl methyl sites for hydroxylation is 1. The molecule has 7 heteroatoms. The van der Waals surface area contributed by atoms with Crippen LogP contribution in [0.15, 0.2) is 39.9 Å². The van der Waals surface area contributed by atoms with Crippen molar-refractivity contribution in [2.24, 2.45) is 17.3 Å². The Morgan fingerprint density at radius 3 is 2.62 bits per heavy atom. The second-order valence-corrected chi connectivity index (χ2v) is 10.4. The number of aromatic nitrogens is 2. The summed E-state index contributed by atoms with van der Waals surface area (Å²) in [7, 11) is 0. The highest BCUT2D eigenvalue weighted by atomic mass is 16.4. The topological polar surface area (TPSA) is 88.3 Å². The predicted octanol–water partition coefficient (Wildman–Crippen LogP) is 4.61. The van der Waals surface area contributed by atoms with Crippen LogP contribution in [0.1, 0.15) is 70.6 Å². The summed E-state index contributed by atoms with van der Waals surface area (Å²) in [6.45, 7) is 10.2. The summed E-state index contributed by atoms with van der Waals surface area (Å²) in [4.78, 5) is 28.7. The molecular formula is C27H32N4O3. The average molecular weight is 461 g/mol. The minimum absolute atomic E-state index is 0.0442. The molecule has 1 N–H and O–H groups in total. The van der Waals surface area contributed by atoms with Gasteiger partial charge in [0.2, 0.25) is 11.8 Å². The van der Waals surface area contributed by atoms with Crippen LogP contribution in [0.5, 0.6) is 0 Å². The minimum atomic E-state index is -1.15. The normalized spacial score (nSPS) is 32.6. The van der Waals surface area contributed by atoms with Crippen LogP contribution >= 0.6 is 0 Å². The summed E-state index contributed by atoms with van der Waals surface area (Å²) in [6.07, 6.45) is 10.7. The molecule has 0 bridgehead atoms. The standard InChI is InChI=1S/C27H32N4O3/c1-5-20(6-7-21-8-9-21)14-22-18(3)15-26(12-10-17(2)11-13-26)27(22)24(32)31(25(33)28-27)16-23-30-29-19(4)34-23/h5,14,17,21H,3,8-13,15-16H2,1-2,4H3,(H,28,33)/b20-5-,22-14+. The van der Waals surface area contributed by atoms with E-state index < -0.39 is 17.0 Å². The van der Waals surface area contributed by atoms with Crippen molar-refractivity contribution in [3.8, 4) is 11.8 Å². The molecule has 4 aliphatic rings. The van der Waals surface area contributed by atoms with Crippen molar-refractivity contribution < 1.29 is 14.0 Å². The zero-order valence-corrected chi connectivity index (χ0v) is 20.2. The second kappa shape index (κ2) is 8.26. The zero-order chi connectivity index (χ0) is 24.1. The lowest BCUT2D eigenvalue weighted by Gasteiger charge is -2.45. The maximum atomic E-state index is 14.2. The molecule has 1 aliphatic heterocycles. The van der Waals surface area contributed by atoms with E-state index in [1.165, 1.54) is 4.90 Å². The molecule has 3 amide bonds. The van der Waals surface area contributed by atoms with Crippen LogP contribution in [0.2, 0.25) is 0 Å². The predicted molar refractivity (Wildman–Crippen MR) is 127 cm³/mol. The lowest BCUT2D eigenvalue weighted by molar-refractivity contribution is -0.135. The van der Waals surface area contributed by atoms with Gasteiger partial charge in [0.1, 0.15) is 6.54 Å². The Kier molecular flexibility index (Phi) is 5.50. The van der Waals surface area contributed by atoms with E-state index in [9.17, 15) is 9.59 Å². The van der Waals surface area contributed by atoms with Crippen molar-refractivity contribution in [3.63, 3.8) is 0 Å². The molecule has 5 rings (SSSR count). The quantitative estimate of drug-likeness (QED) is 0.526. The Bertz CT molecular complexity index is 1170. The number of urea groups is 1. The molecule has 3 saturated carbocycles. The Hall–Kier alpha value is -3.14. The first-order valence-corrected chi connectivity index (χ1v) is 12.3. The monoisotopic (exact) mass is 460 g/mol. The van der Waals surface area contributed by atoms with Crippen molar-refractivity contribution in [2.45, 2.75) is 77.8 Å². The van der Waals surface area contributed by atoms with E-state index in [1.807, 2.05) is 19.1 Å². The Balaban J connectivity index is 1.58. The van der Waals surface area contributed by atoms with Gasteiger partial charge < -0.3 is 9.73 Å². The van der Waals surface area contributed by atoms with Crippen molar-refractivity contribution in [1.29, 1.82) is 0 Å². The molecule has 3 aliphatic carbocycles. The molecular weight excluding hydrogens is 428 g/mol. The summed E-state index contributed by atoms with van der Waals surface area (Å²) >= 11 is 0. The van der Waals surface area contributed by atoms with E-state index in [0.717, 1.165) is 55.2 Å². The van der Waals surface area contributed by atoms with Crippen molar-refractivity contribution in [2.75, 3.05) is 0 Å². The number of fused-ring (bicyclic) bond motifs is 1. The van der Waals surface area contributed by atoms with E-state index in [2.05, 4.69) is 40.9 Å². The Labute approximate surface area is 200 Å². The molecule has 0 aromatic carbocycles. The van der Waals surface area contributed by atoms with Crippen LogP contribution < -0.4 is 5.32 Å². The number of carbonyl (C=O) groups excluding carboxylic acids is 2. The lowest BCUT2D eigenvalue weighted by atomic mass is 9.60. The second-order valence-electron chi connectivity index (χ2n) is 10.4. The zero-order valence-electron chi connectivity index (χ0n) is 20.2. The fourth-order valence-electron chi connectivity index (χ4n) is 5.82. The van der Waals surface area contributed by atoms with E-state index >= 15 is 0 Å². The summed E-state index contributed by atoms with van der Waals surface area (Å²) in [6, 6.07) is -0.425. The maximum absolute atomic E-state index is 14.2. The Morgan fingerprint density at radius 2 is 2.00 bits per heavy atom. The summed E-state index contributed by atoms with van der Waals surface area (Å²) in [5, 5.41) is 11.0. The third-order valence-corrected chi connectivity index (χ3v) is 7.94. The van der Waals surface area contributed by atoms with Crippen molar-refractivity contribution in [3.05, 3.63) is 47.2 Å². The Morgan fingerprint density at radius 1 is 1.26 bits per heavy atom. The smallest absolute Gasteiger partial charge is 0.325 e. The van der Waals surface area contributed by atoms with Gasteiger partial charge in [0.25, 0.3) is 5.91 Å². The van der Waals surface area contributed by atoms with E-state index in [1.54, 1.807) is 6.92 Å². The molecule has 1 saturated heterocycles. The highest BCUT2D eigenvalue weighted by Crippen LogP contribution is 2.61. The molecule has 1 aromatic rings. The maximum Gasteiger partial charge on any atom is 0.325 e. The number of amides is 3. The molecule has 2 spiro atoms. The molecule has 2 heterocycles. The molecule has 4 fully saturated rings. The van der Waals surface area contributed by atoms with Crippen LogP contribution in [0.4, 0.5) is 4.79 Å². The van der Waals surface area contributed by atoms with Gasteiger partial charge in [-0.25, -0.2) is 4.79 Å². The van der Waals surface area contributed by atoms with E-state index in [0.29, 0.717) is 24.1 Å². The number of nitrogens with one attached hydrogen (secondary N) is 1. The summed E-state index contributed by atoms with van der Waals surface area (Å²) in [5.41, 5.74) is 1.02. The first kappa shape index (κ1) is 22.6. The summed E-state index contributed by atoms with van der Waals surface area (Å²) < 4.78 is 5.48. The van der Waals surface area contributed by atoms with E-state index in [4.69, 9.17) is 4.42 Å². The van der Waals surface area contributed by atoms with Crippen LogP contribution in [0, 0.1) is 36.0 Å². The number of hydrogen-bond acceptors (Lipinski definition) is 5. The van der Waals surface area contributed by atoms with Crippen LogP contribution in [0.3, 0.4) is 0 Å². The number of rotatable bonds is 3. The summed E-state index contributed by atoms with van der Waals surface area (Å²) in [5.74, 6) is 8.07. The van der Waals surface area contributed by atoms with Gasteiger partial charge in [-0.05, 0) is 62.2 Å². The molecule has 1 unspecified atom stereocenters. The first-order valence-electron chi connectivity index (χ1n) is 12.3. The van der Waals surface area contributed by atoms with Gasteiger partial charge in [0, 0.05) is 23.8 Å². The van der Waals surface area contributed by atoms with Gasteiger partial charge in [-0.3, -0.25) is 9.69 Å². The third-order valence-electron chi connectivity index (χ3n) is 7.94. The number of allylic oxidation sites excluding steroid dienone is 3. The fourth-order valence-corrected chi connectivity index (χ4v) is 5.82. The number of carbonyl (C=O) groups is 2. The average Bonchev–Trinajstić information content (AvgIpc) is 3.44.